The summed E-state index contributed by atoms with van der Waals surface area (Å²) >= 11 is 5.74. The maximum absolute atomic E-state index is 12.2. The number of anilines is 1. The van der Waals surface area contributed by atoms with Gasteiger partial charge in [0.2, 0.25) is 0 Å². The lowest BCUT2D eigenvalue weighted by Gasteiger charge is -2.13. The summed E-state index contributed by atoms with van der Waals surface area (Å²) in [6.07, 6.45) is -4.57. The number of nitro groups is 1. The van der Waals surface area contributed by atoms with Crippen molar-refractivity contribution in [3.63, 3.8) is 0 Å². The summed E-state index contributed by atoms with van der Waals surface area (Å²) in [5.74, 6) is -2.24. The smallest absolute Gasteiger partial charge is 0.433 e. The number of hydrogen-bond donors (Lipinski definition) is 1. The van der Waals surface area contributed by atoms with E-state index in [1.807, 2.05) is 0 Å². The van der Waals surface area contributed by atoms with Gasteiger partial charge in [0.15, 0.2) is 12.4 Å². The van der Waals surface area contributed by atoms with Gasteiger partial charge in [0, 0.05) is 5.02 Å². The van der Waals surface area contributed by atoms with E-state index in [0.717, 1.165) is 18.2 Å². The molecule has 0 atom stereocenters. The number of nitrogens with one attached hydrogen (secondary N) is 1. The van der Waals surface area contributed by atoms with Crippen LogP contribution in [0.2, 0.25) is 5.02 Å². The van der Waals surface area contributed by atoms with Crippen LogP contribution in [0.5, 0.6) is 5.75 Å². The molecule has 0 saturated carbocycles. The first kappa shape index (κ1) is 17.6. The summed E-state index contributed by atoms with van der Waals surface area (Å²) in [5.41, 5.74) is -0.143. The largest absolute Gasteiger partial charge is 0.482 e. The molecule has 2 rings (SSSR count). The Kier molecular flexibility index (Phi) is 4.98. The van der Waals surface area contributed by atoms with Gasteiger partial charge in [0.1, 0.15) is 10.7 Å². The minimum atomic E-state index is -4.57. The first-order valence-electron chi connectivity index (χ1n) is 6.20. The topological polar surface area (TPSA) is 94.6 Å². The second kappa shape index (κ2) is 6.79. The molecule has 0 radical (unpaired) electrons. The van der Waals surface area contributed by atoms with E-state index in [0.29, 0.717) is 0 Å². The quantitative estimate of drug-likeness (QED) is 0.638. The molecule has 1 amide bonds. The highest BCUT2D eigenvalue weighted by Crippen LogP contribution is 2.30. The summed E-state index contributed by atoms with van der Waals surface area (Å²) in [5, 5.41) is 12.9. The molecule has 2 aromatic rings. The van der Waals surface area contributed by atoms with E-state index in [-0.39, 0.29) is 16.5 Å². The maximum Gasteiger partial charge on any atom is 0.433 e. The highest BCUT2D eigenvalue weighted by Gasteiger charge is 2.29. The zero-order chi connectivity index (χ0) is 17.9. The van der Waals surface area contributed by atoms with Crippen molar-refractivity contribution in [2.24, 2.45) is 0 Å². The number of carbonyl (C=O) groups excluding carboxylic acids is 1. The number of carbonyl (C=O) groups is 1. The third-order valence-corrected chi connectivity index (χ3v) is 2.81. The summed E-state index contributed by atoms with van der Waals surface area (Å²) < 4.78 is 46.0. The predicted molar refractivity (Wildman–Crippen MR) is 76.3 cm³/mol. The molecule has 0 aliphatic heterocycles. The number of rotatable bonds is 5. The average Bonchev–Trinajstić information content (AvgIpc) is 2.95. The van der Waals surface area contributed by atoms with Crippen LogP contribution in [0.4, 0.5) is 24.7 Å². The van der Waals surface area contributed by atoms with Crippen LogP contribution in [0.15, 0.2) is 34.7 Å². The molecule has 128 valence electrons. The lowest BCUT2D eigenvalue weighted by molar-refractivity contribution is -0.402. The molecule has 0 aliphatic carbocycles. The predicted octanol–water partition coefficient (Wildman–Crippen LogP) is 4.03. The Morgan fingerprint density at radius 1 is 1.33 bits per heavy atom. The molecular formula is C13H8ClF3N2O5. The standard InChI is InChI=1S/C13H8ClF3N2O5/c14-7-1-2-9(23-6-13(15,16)17)8(5-7)18-12(20)10-3-4-11(24-10)19(21)22/h1-5H,6H2,(H,18,20). The van der Waals surface area contributed by atoms with Gasteiger partial charge in [-0.3, -0.25) is 14.9 Å². The van der Waals surface area contributed by atoms with Crippen LogP contribution in [0, 0.1) is 10.1 Å². The van der Waals surface area contributed by atoms with Gasteiger partial charge < -0.3 is 14.5 Å². The van der Waals surface area contributed by atoms with Crippen LogP contribution < -0.4 is 10.1 Å². The van der Waals surface area contributed by atoms with Crippen LogP contribution in [0.25, 0.3) is 0 Å². The van der Waals surface area contributed by atoms with E-state index >= 15 is 0 Å². The normalized spacial score (nSPS) is 11.2. The third kappa shape index (κ3) is 4.62. The second-order valence-corrected chi connectivity index (χ2v) is 4.83. The number of hydrogen-bond acceptors (Lipinski definition) is 5. The molecule has 1 aromatic heterocycles. The molecule has 0 aliphatic rings. The van der Waals surface area contributed by atoms with Crippen molar-refractivity contribution in [1.29, 1.82) is 0 Å². The fraction of sp³-hybridized carbons (Fsp3) is 0.154. The number of nitrogens with zero attached hydrogens (tertiary/aromatic N) is 1. The number of benzene rings is 1. The van der Waals surface area contributed by atoms with Crippen LogP contribution >= 0.6 is 11.6 Å². The van der Waals surface area contributed by atoms with Crippen molar-refractivity contribution >= 4 is 29.1 Å². The minimum absolute atomic E-state index is 0.134. The van der Waals surface area contributed by atoms with E-state index in [4.69, 9.17) is 16.0 Å². The number of ether oxygens (including phenoxy) is 1. The second-order valence-electron chi connectivity index (χ2n) is 4.39. The minimum Gasteiger partial charge on any atom is -0.482 e. The molecule has 0 bridgehead atoms. The zero-order valence-corrected chi connectivity index (χ0v) is 12.4. The molecule has 0 spiro atoms. The third-order valence-electron chi connectivity index (χ3n) is 2.58. The summed E-state index contributed by atoms with van der Waals surface area (Å²) in [6, 6.07) is 5.61. The summed E-state index contributed by atoms with van der Waals surface area (Å²) in [6.45, 7) is -1.57. The van der Waals surface area contributed by atoms with Gasteiger partial charge >= 0.3 is 12.1 Å². The Morgan fingerprint density at radius 3 is 2.62 bits per heavy atom. The van der Waals surface area contributed by atoms with Gasteiger partial charge in [-0.15, -0.1) is 0 Å². The highest BCUT2D eigenvalue weighted by atomic mass is 35.5. The van der Waals surface area contributed by atoms with Gasteiger partial charge in [-0.05, 0) is 24.3 Å². The van der Waals surface area contributed by atoms with Crippen LogP contribution in [0.1, 0.15) is 10.6 Å². The van der Waals surface area contributed by atoms with Crippen LogP contribution in [0.3, 0.4) is 0 Å². The van der Waals surface area contributed by atoms with Crippen molar-refractivity contribution in [2.75, 3.05) is 11.9 Å². The van der Waals surface area contributed by atoms with Crippen molar-refractivity contribution in [2.45, 2.75) is 6.18 Å². The lowest BCUT2D eigenvalue weighted by atomic mass is 10.2. The highest BCUT2D eigenvalue weighted by molar-refractivity contribution is 6.31. The summed E-state index contributed by atoms with van der Waals surface area (Å²) in [4.78, 5) is 21.6. The van der Waals surface area contributed by atoms with Crippen molar-refractivity contribution < 1.29 is 32.0 Å². The molecule has 24 heavy (non-hydrogen) atoms. The number of halogens is 4. The molecule has 0 saturated heterocycles. The Hall–Kier alpha value is -2.75. The molecule has 1 heterocycles. The van der Waals surface area contributed by atoms with Gasteiger partial charge in [0.25, 0.3) is 5.91 Å². The lowest BCUT2D eigenvalue weighted by Crippen LogP contribution is -2.20. The van der Waals surface area contributed by atoms with E-state index in [1.54, 1.807) is 0 Å². The van der Waals surface area contributed by atoms with Crippen molar-refractivity contribution in [1.82, 2.24) is 0 Å². The molecule has 11 heteroatoms. The van der Waals surface area contributed by atoms with Gasteiger partial charge in [-0.1, -0.05) is 11.6 Å². The van der Waals surface area contributed by atoms with Crippen molar-refractivity contribution in [3.05, 3.63) is 51.2 Å². The van der Waals surface area contributed by atoms with Gasteiger partial charge in [0.05, 0.1) is 11.8 Å². The van der Waals surface area contributed by atoms with Crippen LogP contribution in [-0.4, -0.2) is 23.6 Å². The van der Waals surface area contributed by atoms with E-state index in [9.17, 15) is 28.1 Å². The number of furan rings is 1. The fourth-order valence-corrected chi connectivity index (χ4v) is 1.79. The number of amides is 1. The fourth-order valence-electron chi connectivity index (χ4n) is 1.62. The summed E-state index contributed by atoms with van der Waals surface area (Å²) in [7, 11) is 0. The van der Waals surface area contributed by atoms with Gasteiger partial charge in [-0.25, -0.2) is 0 Å². The molecule has 1 aromatic carbocycles. The molecule has 0 fully saturated rings. The molecular weight excluding hydrogens is 357 g/mol. The Morgan fingerprint density at radius 2 is 2.04 bits per heavy atom. The molecule has 1 N–H and O–H groups in total. The Balaban J connectivity index is 2.19. The van der Waals surface area contributed by atoms with E-state index < -0.39 is 35.3 Å². The zero-order valence-electron chi connectivity index (χ0n) is 11.6. The SMILES string of the molecule is O=C(Nc1cc(Cl)ccc1OCC(F)(F)F)c1ccc([N+](=O)[O-])o1. The maximum atomic E-state index is 12.2. The molecule has 7 nitrogen and oxygen atoms in total. The monoisotopic (exact) mass is 364 g/mol. The van der Waals surface area contributed by atoms with E-state index in [1.165, 1.54) is 12.1 Å². The van der Waals surface area contributed by atoms with Gasteiger partial charge in [-0.2, -0.15) is 13.2 Å². The Labute approximate surface area is 137 Å². The first-order chi connectivity index (χ1) is 11.2. The number of alkyl halides is 3. The molecule has 0 unspecified atom stereocenters. The van der Waals surface area contributed by atoms with Crippen molar-refractivity contribution in [3.8, 4) is 5.75 Å². The van der Waals surface area contributed by atoms with Crippen LogP contribution in [-0.2, 0) is 0 Å². The van der Waals surface area contributed by atoms with E-state index in [2.05, 4.69) is 10.1 Å². The Bertz CT molecular complexity index is 775. The average molecular weight is 365 g/mol. The first-order valence-corrected chi connectivity index (χ1v) is 6.58.